The number of benzene rings is 2. The zero-order valence-corrected chi connectivity index (χ0v) is 10.8. The molecule has 0 aliphatic heterocycles. The second-order valence-corrected chi connectivity index (χ2v) is 4.17. The first kappa shape index (κ1) is 15.3. The molecule has 2 aromatic carbocycles. The summed E-state index contributed by atoms with van der Waals surface area (Å²) in [5.74, 6) is 0.229. The van der Waals surface area contributed by atoms with Gasteiger partial charge < -0.3 is 4.74 Å². The number of nitriles is 1. The van der Waals surface area contributed by atoms with Crippen molar-refractivity contribution in [3.63, 3.8) is 0 Å². The van der Waals surface area contributed by atoms with Gasteiger partial charge in [-0.1, -0.05) is 0 Å². The van der Waals surface area contributed by atoms with Gasteiger partial charge in [-0.25, -0.2) is 0 Å². The van der Waals surface area contributed by atoms with Gasteiger partial charge in [-0.15, -0.1) is 0 Å². The van der Waals surface area contributed by atoms with Crippen LogP contribution < -0.4 is 4.74 Å². The third-order valence-electron chi connectivity index (χ3n) is 2.70. The number of hydrogen-bond acceptors (Lipinski definition) is 4. The predicted molar refractivity (Wildman–Crippen MR) is 69.3 cm³/mol. The summed E-state index contributed by atoms with van der Waals surface area (Å²) >= 11 is 0. The summed E-state index contributed by atoms with van der Waals surface area (Å²) in [5.41, 5.74) is -1.39. The minimum atomic E-state index is -4.44. The van der Waals surface area contributed by atoms with E-state index in [1.165, 1.54) is 6.07 Å². The Kier molecular flexibility index (Phi) is 3.99. The molecule has 0 spiro atoms. The summed E-state index contributed by atoms with van der Waals surface area (Å²) in [6.07, 6.45) is -4.44. The Bertz CT molecular complexity index is 749. The van der Waals surface area contributed by atoms with E-state index in [0.717, 1.165) is 36.4 Å². The van der Waals surface area contributed by atoms with E-state index >= 15 is 0 Å². The van der Waals surface area contributed by atoms with E-state index in [-0.39, 0.29) is 22.7 Å². The SMILES string of the molecule is N#Cc1cc(Oc2ccc(C(F)(F)F)cc2)ccc1[N+](=O)[O-]. The Balaban J connectivity index is 2.25. The molecule has 0 radical (unpaired) electrons. The van der Waals surface area contributed by atoms with Crippen molar-refractivity contribution in [3.05, 3.63) is 63.7 Å². The fourth-order valence-electron chi connectivity index (χ4n) is 1.68. The highest BCUT2D eigenvalue weighted by molar-refractivity contribution is 5.52. The van der Waals surface area contributed by atoms with Gasteiger partial charge in [0.15, 0.2) is 0 Å². The van der Waals surface area contributed by atoms with Crippen LogP contribution in [-0.2, 0) is 6.18 Å². The van der Waals surface area contributed by atoms with Crippen molar-refractivity contribution in [1.82, 2.24) is 0 Å². The maximum absolute atomic E-state index is 12.4. The third-order valence-corrected chi connectivity index (χ3v) is 2.70. The summed E-state index contributed by atoms with van der Waals surface area (Å²) in [7, 11) is 0. The first-order valence-corrected chi connectivity index (χ1v) is 5.85. The number of halogens is 3. The lowest BCUT2D eigenvalue weighted by molar-refractivity contribution is -0.385. The quantitative estimate of drug-likeness (QED) is 0.626. The Morgan fingerprint density at radius 2 is 1.68 bits per heavy atom. The van der Waals surface area contributed by atoms with Crippen molar-refractivity contribution < 1.29 is 22.8 Å². The topological polar surface area (TPSA) is 76.2 Å². The normalized spacial score (nSPS) is 10.8. The number of alkyl halides is 3. The highest BCUT2D eigenvalue weighted by atomic mass is 19.4. The molecule has 2 aromatic rings. The van der Waals surface area contributed by atoms with Crippen molar-refractivity contribution in [2.24, 2.45) is 0 Å². The van der Waals surface area contributed by atoms with E-state index in [1.807, 2.05) is 0 Å². The fraction of sp³-hybridized carbons (Fsp3) is 0.0714. The van der Waals surface area contributed by atoms with Crippen LogP contribution in [0.4, 0.5) is 18.9 Å². The largest absolute Gasteiger partial charge is 0.457 e. The van der Waals surface area contributed by atoms with Gasteiger partial charge in [-0.3, -0.25) is 10.1 Å². The smallest absolute Gasteiger partial charge is 0.416 e. The molecule has 8 heteroatoms. The second kappa shape index (κ2) is 5.73. The first-order chi connectivity index (χ1) is 10.3. The number of nitrogens with zero attached hydrogens (tertiary/aromatic N) is 2. The highest BCUT2D eigenvalue weighted by Crippen LogP contribution is 2.32. The molecule has 0 bridgehead atoms. The van der Waals surface area contributed by atoms with E-state index < -0.39 is 16.7 Å². The van der Waals surface area contributed by atoms with Crippen LogP contribution in [0.25, 0.3) is 0 Å². The summed E-state index contributed by atoms with van der Waals surface area (Å²) in [4.78, 5) is 9.98. The van der Waals surface area contributed by atoms with Gasteiger partial charge in [0.2, 0.25) is 0 Å². The number of hydrogen-bond donors (Lipinski definition) is 0. The molecule has 0 unspecified atom stereocenters. The molecule has 0 aliphatic rings. The maximum Gasteiger partial charge on any atom is 0.416 e. The number of nitro groups is 1. The van der Waals surface area contributed by atoms with E-state index in [2.05, 4.69) is 0 Å². The van der Waals surface area contributed by atoms with Gasteiger partial charge in [0.05, 0.1) is 10.5 Å². The molecule has 22 heavy (non-hydrogen) atoms. The Labute approximate surface area is 122 Å². The van der Waals surface area contributed by atoms with Gasteiger partial charge in [0, 0.05) is 12.1 Å². The molecule has 0 heterocycles. The summed E-state index contributed by atoms with van der Waals surface area (Å²) < 4.78 is 42.6. The Morgan fingerprint density at radius 3 is 2.18 bits per heavy atom. The lowest BCUT2D eigenvalue weighted by Gasteiger charge is -2.09. The molecule has 0 atom stereocenters. The van der Waals surface area contributed by atoms with Gasteiger partial charge >= 0.3 is 6.18 Å². The molecule has 0 amide bonds. The number of rotatable bonds is 3. The van der Waals surface area contributed by atoms with Gasteiger partial charge in [-0.2, -0.15) is 18.4 Å². The first-order valence-electron chi connectivity index (χ1n) is 5.85. The van der Waals surface area contributed by atoms with Gasteiger partial charge in [0.25, 0.3) is 5.69 Å². The molecule has 112 valence electrons. The van der Waals surface area contributed by atoms with E-state index in [1.54, 1.807) is 6.07 Å². The standard InChI is InChI=1S/C14H7F3N2O3/c15-14(16,17)10-1-3-11(4-2-10)22-12-5-6-13(19(20)21)9(7-12)8-18/h1-7H. The van der Waals surface area contributed by atoms with Crippen molar-refractivity contribution in [2.45, 2.75) is 6.18 Å². The minimum Gasteiger partial charge on any atom is -0.457 e. The van der Waals surface area contributed by atoms with Gasteiger partial charge in [0.1, 0.15) is 23.1 Å². The van der Waals surface area contributed by atoms with Crippen LogP contribution in [0.1, 0.15) is 11.1 Å². The van der Waals surface area contributed by atoms with Gasteiger partial charge in [-0.05, 0) is 30.3 Å². The molecule has 0 N–H and O–H groups in total. The minimum absolute atomic E-state index is 0.113. The molecule has 0 aromatic heterocycles. The molecule has 5 nitrogen and oxygen atoms in total. The zero-order valence-electron chi connectivity index (χ0n) is 10.8. The summed E-state index contributed by atoms with van der Waals surface area (Å²) in [5, 5.41) is 19.5. The summed E-state index contributed by atoms with van der Waals surface area (Å²) in [6.45, 7) is 0. The maximum atomic E-state index is 12.4. The molecular formula is C14H7F3N2O3. The van der Waals surface area contributed by atoms with Crippen LogP contribution >= 0.6 is 0 Å². The number of nitro benzene ring substituents is 1. The zero-order chi connectivity index (χ0) is 16.3. The molecule has 2 rings (SSSR count). The lowest BCUT2D eigenvalue weighted by atomic mass is 10.2. The molecular weight excluding hydrogens is 301 g/mol. The molecule has 0 saturated heterocycles. The lowest BCUT2D eigenvalue weighted by Crippen LogP contribution is -2.04. The van der Waals surface area contributed by atoms with Crippen molar-refractivity contribution in [1.29, 1.82) is 5.26 Å². The molecule has 0 fully saturated rings. The van der Waals surface area contributed by atoms with Crippen molar-refractivity contribution in [3.8, 4) is 17.6 Å². The average molecular weight is 308 g/mol. The van der Waals surface area contributed by atoms with Crippen molar-refractivity contribution in [2.75, 3.05) is 0 Å². The monoisotopic (exact) mass is 308 g/mol. The molecule has 0 aliphatic carbocycles. The Hall–Kier alpha value is -3.08. The van der Waals surface area contributed by atoms with E-state index in [4.69, 9.17) is 10.00 Å². The van der Waals surface area contributed by atoms with Crippen LogP contribution in [0, 0.1) is 21.4 Å². The van der Waals surface area contributed by atoms with Crippen LogP contribution in [0.15, 0.2) is 42.5 Å². The van der Waals surface area contributed by atoms with E-state index in [9.17, 15) is 23.3 Å². The fourth-order valence-corrected chi connectivity index (χ4v) is 1.68. The second-order valence-electron chi connectivity index (χ2n) is 4.17. The molecule has 0 saturated carbocycles. The van der Waals surface area contributed by atoms with Crippen LogP contribution in [0.5, 0.6) is 11.5 Å². The summed E-state index contributed by atoms with van der Waals surface area (Å²) in [6, 6.07) is 9.11. The van der Waals surface area contributed by atoms with Crippen LogP contribution in [0.2, 0.25) is 0 Å². The van der Waals surface area contributed by atoms with E-state index in [0.29, 0.717) is 0 Å². The van der Waals surface area contributed by atoms with Crippen LogP contribution in [0.3, 0.4) is 0 Å². The Morgan fingerprint density at radius 1 is 1.09 bits per heavy atom. The number of ether oxygens (including phenoxy) is 1. The predicted octanol–water partition coefficient (Wildman–Crippen LogP) is 4.28. The average Bonchev–Trinajstić information content (AvgIpc) is 2.46. The van der Waals surface area contributed by atoms with Crippen LogP contribution in [-0.4, -0.2) is 4.92 Å². The van der Waals surface area contributed by atoms with Crippen molar-refractivity contribution >= 4 is 5.69 Å². The highest BCUT2D eigenvalue weighted by Gasteiger charge is 2.30. The third kappa shape index (κ3) is 3.32.